The third-order valence-corrected chi connectivity index (χ3v) is 8.38. The zero-order chi connectivity index (χ0) is 22.8. The van der Waals surface area contributed by atoms with Gasteiger partial charge < -0.3 is 4.90 Å². The van der Waals surface area contributed by atoms with Crippen LogP contribution in [0.25, 0.3) is 0 Å². The van der Waals surface area contributed by atoms with Gasteiger partial charge in [-0.15, -0.1) is 0 Å². The lowest BCUT2D eigenvalue weighted by Crippen LogP contribution is -2.45. The molecule has 2 saturated heterocycles. The topological polar surface area (TPSA) is 56.8 Å². The molecule has 0 amide bonds. The van der Waals surface area contributed by atoms with Crippen molar-refractivity contribution in [1.29, 1.82) is 0 Å². The molecule has 0 radical (unpaired) electrons. The summed E-state index contributed by atoms with van der Waals surface area (Å²) in [5.41, 5.74) is 1.24. The number of hydrogen-bond acceptors (Lipinski definition) is 5. The van der Waals surface area contributed by atoms with Crippen molar-refractivity contribution in [2.24, 2.45) is 0 Å². The highest BCUT2D eigenvalue weighted by Gasteiger charge is 2.35. The Morgan fingerprint density at radius 3 is 2.28 bits per heavy atom. The van der Waals surface area contributed by atoms with E-state index in [-0.39, 0.29) is 30.8 Å². The van der Waals surface area contributed by atoms with Crippen LogP contribution in [0.1, 0.15) is 31.2 Å². The second-order valence-electron chi connectivity index (χ2n) is 8.73. The van der Waals surface area contributed by atoms with Crippen LogP contribution in [0.15, 0.2) is 53.6 Å². The Labute approximate surface area is 188 Å². The van der Waals surface area contributed by atoms with Crippen molar-refractivity contribution in [3.8, 4) is 0 Å². The number of pyridine rings is 1. The number of sulfonamides is 1. The summed E-state index contributed by atoms with van der Waals surface area (Å²) in [5.74, 6) is -2.08. The van der Waals surface area contributed by atoms with Gasteiger partial charge in [-0.1, -0.05) is 30.3 Å². The first-order valence-corrected chi connectivity index (χ1v) is 12.5. The Morgan fingerprint density at radius 2 is 1.69 bits per heavy atom. The van der Waals surface area contributed by atoms with E-state index in [1.165, 1.54) is 22.1 Å². The molecule has 0 unspecified atom stereocenters. The highest BCUT2D eigenvalue weighted by Crippen LogP contribution is 2.30. The first-order valence-electron chi connectivity index (χ1n) is 11.1. The summed E-state index contributed by atoms with van der Waals surface area (Å²) >= 11 is 0. The van der Waals surface area contributed by atoms with Gasteiger partial charge in [0.2, 0.25) is 10.0 Å². The lowest BCUT2D eigenvalue weighted by molar-refractivity contribution is -0.0221. The van der Waals surface area contributed by atoms with Gasteiger partial charge in [0.15, 0.2) is 0 Å². The molecule has 4 rings (SSSR count). The molecule has 6 nitrogen and oxygen atoms in total. The molecule has 2 aliphatic rings. The second kappa shape index (κ2) is 9.41. The van der Waals surface area contributed by atoms with Crippen molar-refractivity contribution < 1.29 is 17.2 Å². The van der Waals surface area contributed by atoms with Crippen LogP contribution in [0.3, 0.4) is 0 Å². The van der Waals surface area contributed by atoms with Crippen LogP contribution in [0.5, 0.6) is 0 Å². The largest absolute Gasteiger partial charge is 0.356 e. The standard InChI is InChI=1S/C23H30F2N4O2S/c1-27(18-19-5-3-2-4-6-19)20-9-13-29(14-10-20)32(30,31)21-7-8-22(26-17-21)28-15-11-23(24,25)12-16-28/h2-8,17,20H,9-16,18H2,1H3. The minimum absolute atomic E-state index is 0.152. The summed E-state index contributed by atoms with van der Waals surface area (Å²) in [6.07, 6.45) is 2.49. The van der Waals surface area contributed by atoms with Gasteiger partial charge in [-0.3, -0.25) is 4.90 Å². The third kappa shape index (κ3) is 5.27. The second-order valence-corrected chi connectivity index (χ2v) is 10.7. The molecule has 0 bridgehead atoms. The van der Waals surface area contributed by atoms with Crippen LogP contribution in [0, 0.1) is 0 Å². The quantitative estimate of drug-likeness (QED) is 0.654. The van der Waals surface area contributed by atoms with Crippen LogP contribution in [0.4, 0.5) is 14.6 Å². The number of halogens is 2. The SMILES string of the molecule is CN(Cc1ccccc1)C1CCN(S(=O)(=O)c2ccc(N3CCC(F)(F)CC3)nc2)CC1. The Bertz CT molecular complexity index is 984. The van der Waals surface area contributed by atoms with E-state index in [0.717, 1.165) is 19.4 Å². The zero-order valence-electron chi connectivity index (χ0n) is 18.3. The van der Waals surface area contributed by atoms with Crippen molar-refractivity contribution in [1.82, 2.24) is 14.2 Å². The molecule has 0 atom stereocenters. The predicted molar refractivity (Wildman–Crippen MR) is 120 cm³/mol. The average molecular weight is 465 g/mol. The van der Waals surface area contributed by atoms with E-state index in [4.69, 9.17) is 0 Å². The van der Waals surface area contributed by atoms with Crippen molar-refractivity contribution in [3.05, 3.63) is 54.2 Å². The van der Waals surface area contributed by atoms with Crippen LogP contribution in [0.2, 0.25) is 0 Å². The predicted octanol–water partition coefficient (Wildman–Crippen LogP) is 3.60. The smallest absolute Gasteiger partial charge is 0.251 e. The summed E-state index contributed by atoms with van der Waals surface area (Å²) in [7, 11) is -1.54. The van der Waals surface area contributed by atoms with E-state index < -0.39 is 15.9 Å². The highest BCUT2D eigenvalue weighted by molar-refractivity contribution is 7.89. The van der Waals surface area contributed by atoms with E-state index in [2.05, 4.69) is 29.1 Å². The van der Waals surface area contributed by atoms with Crippen LogP contribution in [-0.2, 0) is 16.6 Å². The lowest BCUT2D eigenvalue weighted by Gasteiger charge is -2.36. The molecule has 32 heavy (non-hydrogen) atoms. The van der Waals surface area contributed by atoms with Gasteiger partial charge in [0, 0.05) is 57.8 Å². The van der Waals surface area contributed by atoms with Gasteiger partial charge in [-0.25, -0.2) is 22.2 Å². The minimum atomic E-state index is -3.62. The lowest BCUT2D eigenvalue weighted by atomic mass is 10.0. The van der Waals surface area contributed by atoms with Gasteiger partial charge in [0.25, 0.3) is 5.92 Å². The van der Waals surface area contributed by atoms with Crippen LogP contribution < -0.4 is 4.90 Å². The van der Waals surface area contributed by atoms with Gasteiger partial charge >= 0.3 is 0 Å². The molecule has 2 aromatic rings. The molecular weight excluding hydrogens is 434 g/mol. The first-order chi connectivity index (χ1) is 15.2. The first kappa shape index (κ1) is 23.1. The Morgan fingerprint density at radius 1 is 1.03 bits per heavy atom. The Hall–Kier alpha value is -2.10. The maximum Gasteiger partial charge on any atom is 0.251 e. The van der Waals surface area contributed by atoms with E-state index in [0.29, 0.717) is 24.9 Å². The maximum atomic E-state index is 13.4. The highest BCUT2D eigenvalue weighted by atomic mass is 32.2. The molecule has 1 aromatic heterocycles. The number of aromatic nitrogens is 1. The number of rotatable bonds is 6. The molecule has 0 spiro atoms. The summed E-state index contributed by atoms with van der Waals surface area (Å²) in [5, 5.41) is 0. The van der Waals surface area contributed by atoms with Crippen LogP contribution >= 0.6 is 0 Å². The average Bonchev–Trinajstić information content (AvgIpc) is 2.80. The number of benzene rings is 1. The van der Waals surface area contributed by atoms with E-state index in [1.807, 2.05) is 18.2 Å². The summed E-state index contributed by atoms with van der Waals surface area (Å²) in [4.78, 5) is 8.49. The van der Waals surface area contributed by atoms with Gasteiger partial charge in [0.1, 0.15) is 10.7 Å². The van der Waals surface area contributed by atoms with Crippen molar-refractivity contribution in [2.45, 2.75) is 49.1 Å². The molecule has 3 heterocycles. The van der Waals surface area contributed by atoms with Gasteiger partial charge in [-0.05, 0) is 37.6 Å². The molecular formula is C23H30F2N4O2S. The molecule has 9 heteroatoms. The van der Waals surface area contributed by atoms with Gasteiger partial charge in [-0.2, -0.15) is 4.31 Å². The number of alkyl halides is 2. The van der Waals surface area contributed by atoms with Gasteiger partial charge in [0.05, 0.1) is 0 Å². The van der Waals surface area contributed by atoms with E-state index >= 15 is 0 Å². The summed E-state index contributed by atoms with van der Waals surface area (Å²) in [6, 6.07) is 13.7. The molecule has 0 saturated carbocycles. The molecule has 2 fully saturated rings. The van der Waals surface area contributed by atoms with E-state index in [9.17, 15) is 17.2 Å². The summed E-state index contributed by atoms with van der Waals surface area (Å²) in [6.45, 7) is 2.21. The molecule has 2 aliphatic heterocycles. The molecule has 0 aliphatic carbocycles. The van der Waals surface area contributed by atoms with Crippen molar-refractivity contribution >= 4 is 15.8 Å². The molecule has 0 N–H and O–H groups in total. The van der Waals surface area contributed by atoms with E-state index in [1.54, 1.807) is 11.0 Å². The summed E-state index contributed by atoms with van der Waals surface area (Å²) < 4.78 is 54.4. The van der Waals surface area contributed by atoms with Crippen molar-refractivity contribution in [3.63, 3.8) is 0 Å². The van der Waals surface area contributed by atoms with Crippen LogP contribution in [-0.4, -0.2) is 67.8 Å². The fraction of sp³-hybridized carbons (Fsp3) is 0.522. The number of anilines is 1. The Balaban J connectivity index is 1.34. The zero-order valence-corrected chi connectivity index (χ0v) is 19.1. The molecule has 174 valence electrons. The number of piperidine rings is 2. The monoisotopic (exact) mass is 464 g/mol. The minimum Gasteiger partial charge on any atom is -0.356 e. The third-order valence-electron chi connectivity index (χ3n) is 6.50. The normalized spacial score (nSPS) is 20.6. The maximum absolute atomic E-state index is 13.4. The fourth-order valence-corrected chi connectivity index (χ4v) is 5.86. The Kier molecular flexibility index (Phi) is 6.78. The van der Waals surface area contributed by atoms with Crippen molar-refractivity contribution in [2.75, 3.05) is 38.1 Å². The molecule has 1 aromatic carbocycles. The number of nitrogens with zero attached hydrogens (tertiary/aromatic N) is 4. The number of hydrogen-bond donors (Lipinski definition) is 0. The fourth-order valence-electron chi connectivity index (χ4n) is 4.45.